The number of hydrogen-bond donors (Lipinski definition) is 0. The molecule has 0 aromatic rings. The highest BCUT2D eigenvalue weighted by atomic mass is 16.6. The van der Waals surface area contributed by atoms with Gasteiger partial charge in [-0.1, -0.05) is 161 Å². The Kier molecular flexibility index (Phi) is 31.1. The fourth-order valence-corrected chi connectivity index (χ4v) is 5.03. The molecule has 0 aliphatic carbocycles. The van der Waals surface area contributed by atoms with Crippen molar-refractivity contribution in [2.45, 2.75) is 200 Å². The maximum atomic E-state index is 11.9. The molecule has 0 N–H and O–H groups in total. The summed E-state index contributed by atoms with van der Waals surface area (Å²) in [4.78, 5) is 23.8. The van der Waals surface area contributed by atoms with Crippen molar-refractivity contribution in [1.29, 1.82) is 0 Å². The predicted molar refractivity (Wildman–Crippen MR) is 165 cm³/mol. The first-order valence-electron chi connectivity index (χ1n) is 17.1. The van der Waals surface area contributed by atoms with Gasteiger partial charge in [-0.25, -0.2) is 0 Å². The number of carbonyl (C=O) groups excluding carboxylic acids is 2. The summed E-state index contributed by atoms with van der Waals surface area (Å²) in [7, 11) is 0. The highest BCUT2D eigenvalue weighted by molar-refractivity contribution is 5.85. The number of carbonyl (C=O) groups is 2. The standard InChI is InChI=1S/C35H66O3/c1-3-5-7-9-11-13-15-17-19-21-23-25-27-29-31-33-35(37)38-34(36)32-30-28-26-24-22-20-18-16-14-12-10-8-6-4-2/h17,19H,3-16,18,20-33H2,1-2H3/b19-17-. The lowest BCUT2D eigenvalue weighted by molar-refractivity contribution is -0.159. The van der Waals surface area contributed by atoms with Gasteiger partial charge >= 0.3 is 11.9 Å². The third-order valence-electron chi connectivity index (χ3n) is 7.60. The Morgan fingerprint density at radius 2 is 0.658 bits per heavy atom. The van der Waals surface area contributed by atoms with Crippen LogP contribution >= 0.6 is 0 Å². The summed E-state index contributed by atoms with van der Waals surface area (Å²) in [6, 6.07) is 0. The highest BCUT2D eigenvalue weighted by Crippen LogP contribution is 2.14. The van der Waals surface area contributed by atoms with Gasteiger partial charge in [0.2, 0.25) is 0 Å². The first-order chi connectivity index (χ1) is 18.7. The molecule has 0 bridgehead atoms. The molecular formula is C35H66O3. The highest BCUT2D eigenvalue weighted by Gasteiger charge is 2.09. The van der Waals surface area contributed by atoms with Crippen LogP contribution in [0.5, 0.6) is 0 Å². The van der Waals surface area contributed by atoms with Gasteiger partial charge in [0, 0.05) is 12.8 Å². The molecule has 38 heavy (non-hydrogen) atoms. The molecule has 3 heteroatoms. The SMILES string of the molecule is CCCCCCCC/C=C\CCCCCCCC(=O)OC(=O)CCCCCCCCCCCCCCCC. The van der Waals surface area contributed by atoms with Gasteiger partial charge in [-0.3, -0.25) is 9.59 Å². The number of rotatable bonds is 30. The van der Waals surface area contributed by atoms with E-state index in [4.69, 9.17) is 4.74 Å². The second kappa shape index (κ2) is 32.1. The lowest BCUT2D eigenvalue weighted by atomic mass is 10.0. The summed E-state index contributed by atoms with van der Waals surface area (Å²) < 4.78 is 5.00. The quantitative estimate of drug-likeness (QED) is 0.0398. The van der Waals surface area contributed by atoms with Gasteiger partial charge in [-0.15, -0.1) is 0 Å². The zero-order chi connectivity index (χ0) is 27.8. The van der Waals surface area contributed by atoms with Crippen LogP contribution in [0.2, 0.25) is 0 Å². The Labute approximate surface area is 238 Å². The molecule has 0 aromatic carbocycles. The molecule has 0 rings (SSSR count). The van der Waals surface area contributed by atoms with Crippen LogP contribution in [0.1, 0.15) is 200 Å². The predicted octanol–water partition coefficient (Wildman–Crippen LogP) is 12.0. The van der Waals surface area contributed by atoms with Crippen LogP contribution in [0, 0.1) is 0 Å². The van der Waals surface area contributed by atoms with E-state index in [2.05, 4.69) is 26.0 Å². The molecule has 0 aromatic heterocycles. The van der Waals surface area contributed by atoms with Crippen LogP contribution in [0.3, 0.4) is 0 Å². The van der Waals surface area contributed by atoms with Crippen LogP contribution in [0.25, 0.3) is 0 Å². The minimum Gasteiger partial charge on any atom is -0.393 e. The average molecular weight is 535 g/mol. The molecule has 0 radical (unpaired) electrons. The van der Waals surface area contributed by atoms with Crippen molar-refractivity contribution in [3.63, 3.8) is 0 Å². The molecule has 0 fully saturated rings. The second-order valence-electron chi connectivity index (χ2n) is 11.5. The van der Waals surface area contributed by atoms with Gasteiger partial charge < -0.3 is 4.74 Å². The molecule has 3 nitrogen and oxygen atoms in total. The third-order valence-corrected chi connectivity index (χ3v) is 7.60. The van der Waals surface area contributed by atoms with Crippen molar-refractivity contribution in [2.24, 2.45) is 0 Å². The van der Waals surface area contributed by atoms with Crippen LogP contribution in [-0.2, 0) is 14.3 Å². The first kappa shape index (κ1) is 36.9. The molecule has 224 valence electrons. The van der Waals surface area contributed by atoms with Crippen molar-refractivity contribution in [3.8, 4) is 0 Å². The zero-order valence-electron chi connectivity index (χ0n) is 25.9. The van der Waals surface area contributed by atoms with E-state index in [0.717, 1.165) is 32.1 Å². The van der Waals surface area contributed by atoms with Crippen molar-refractivity contribution in [1.82, 2.24) is 0 Å². The van der Waals surface area contributed by atoms with E-state index < -0.39 is 0 Å². The molecule has 0 atom stereocenters. The van der Waals surface area contributed by atoms with E-state index in [1.54, 1.807) is 0 Å². The van der Waals surface area contributed by atoms with E-state index in [1.807, 2.05) is 0 Å². The van der Waals surface area contributed by atoms with Gasteiger partial charge in [0.05, 0.1) is 0 Å². The zero-order valence-corrected chi connectivity index (χ0v) is 25.9. The number of hydrogen-bond acceptors (Lipinski definition) is 3. The first-order valence-corrected chi connectivity index (χ1v) is 17.1. The molecule has 0 saturated carbocycles. The van der Waals surface area contributed by atoms with E-state index in [1.165, 1.54) is 141 Å². The Morgan fingerprint density at radius 3 is 0.974 bits per heavy atom. The van der Waals surface area contributed by atoms with Crippen molar-refractivity contribution >= 4 is 11.9 Å². The number of allylic oxidation sites excluding steroid dienone is 2. The lowest BCUT2D eigenvalue weighted by Gasteiger charge is -2.04. The Morgan fingerprint density at radius 1 is 0.395 bits per heavy atom. The van der Waals surface area contributed by atoms with Crippen LogP contribution < -0.4 is 0 Å². The Bertz CT molecular complexity index is 525. The largest absolute Gasteiger partial charge is 0.393 e. The molecule has 0 spiro atoms. The van der Waals surface area contributed by atoms with E-state index in [0.29, 0.717) is 12.8 Å². The third kappa shape index (κ3) is 31.1. The summed E-state index contributed by atoms with van der Waals surface area (Å²) in [5.41, 5.74) is 0. The summed E-state index contributed by atoms with van der Waals surface area (Å²) in [6.45, 7) is 4.54. The number of esters is 2. The molecular weight excluding hydrogens is 468 g/mol. The molecule has 0 aliphatic heterocycles. The van der Waals surface area contributed by atoms with E-state index in [-0.39, 0.29) is 11.9 Å². The van der Waals surface area contributed by atoms with Crippen molar-refractivity contribution in [2.75, 3.05) is 0 Å². The summed E-state index contributed by atoms with van der Waals surface area (Å²) in [5, 5.41) is 0. The molecule has 0 heterocycles. The summed E-state index contributed by atoms with van der Waals surface area (Å²) >= 11 is 0. The van der Waals surface area contributed by atoms with Gasteiger partial charge in [0.25, 0.3) is 0 Å². The number of ether oxygens (including phenoxy) is 1. The smallest absolute Gasteiger partial charge is 0.313 e. The second-order valence-corrected chi connectivity index (χ2v) is 11.5. The van der Waals surface area contributed by atoms with E-state index >= 15 is 0 Å². The molecule has 0 saturated heterocycles. The van der Waals surface area contributed by atoms with Gasteiger partial charge in [0.1, 0.15) is 0 Å². The maximum absolute atomic E-state index is 11.9. The van der Waals surface area contributed by atoms with Gasteiger partial charge in [-0.2, -0.15) is 0 Å². The van der Waals surface area contributed by atoms with Crippen LogP contribution in [0.4, 0.5) is 0 Å². The van der Waals surface area contributed by atoms with Crippen molar-refractivity contribution in [3.05, 3.63) is 12.2 Å². The topological polar surface area (TPSA) is 43.4 Å². The van der Waals surface area contributed by atoms with Gasteiger partial charge in [-0.05, 0) is 38.5 Å². The fourth-order valence-electron chi connectivity index (χ4n) is 5.03. The fraction of sp³-hybridized carbons (Fsp3) is 0.886. The molecule has 0 amide bonds. The Balaban J connectivity index is 3.33. The van der Waals surface area contributed by atoms with Gasteiger partial charge in [0.15, 0.2) is 0 Å². The maximum Gasteiger partial charge on any atom is 0.313 e. The van der Waals surface area contributed by atoms with Crippen LogP contribution in [0.15, 0.2) is 12.2 Å². The van der Waals surface area contributed by atoms with Crippen molar-refractivity contribution < 1.29 is 14.3 Å². The number of unbranched alkanes of at least 4 members (excludes halogenated alkanes) is 24. The normalized spacial score (nSPS) is 11.4. The average Bonchev–Trinajstić information content (AvgIpc) is 2.91. The van der Waals surface area contributed by atoms with Crippen LogP contribution in [-0.4, -0.2) is 11.9 Å². The summed E-state index contributed by atoms with van der Waals surface area (Å²) in [6.07, 6.45) is 39.7. The lowest BCUT2D eigenvalue weighted by Crippen LogP contribution is -2.11. The molecule has 0 aliphatic rings. The molecule has 0 unspecified atom stereocenters. The van der Waals surface area contributed by atoms with E-state index in [9.17, 15) is 9.59 Å². The minimum absolute atomic E-state index is 0.332. The summed E-state index contributed by atoms with van der Waals surface area (Å²) in [5.74, 6) is -0.667. The Hall–Kier alpha value is -1.12. The monoisotopic (exact) mass is 535 g/mol. The minimum atomic E-state index is -0.335.